The number of nitrogens with zero attached hydrogens (tertiary/aromatic N) is 8. The van der Waals surface area contributed by atoms with Crippen LogP contribution < -0.4 is 21.4 Å². The van der Waals surface area contributed by atoms with E-state index in [9.17, 15) is 40.7 Å². The topological polar surface area (TPSA) is 201 Å². The number of para-hydroxylation sites is 3. The molecule has 0 aliphatic carbocycles. The van der Waals surface area contributed by atoms with Crippen molar-refractivity contribution in [2.24, 2.45) is 0 Å². The predicted octanol–water partition coefficient (Wildman–Crippen LogP) is 20.2. The Balaban J connectivity index is 0.000000145. The Hall–Kier alpha value is -13.5. The van der Waals surface area contributed by atoms with Crippen molar-refractivity contribution in [3.05, 3.63) is 387 Å². The smallest absolute Gasteiger partial charge is 0.423 e. The largest absolute Gasteiger partial charge is 0.488 e. The van der Waals surface area contributed by atoms with Crippen molar-refractivity contribution in [3.63, 3.8) is 0 Å². The van der Waals surface area contributed by atoms with Gasteiger partial charge in [0.15, 0.2) is 11.4 Å². The van der Waals surface area contributed by atoms with Crippen molar-refractivity contribution >= 4 is 74.7 Å². The summed E-state index contributed by atoms with van der Waals surface area (Å²) in [6.45, 7) is 15.3. The Kier molecular flexibility index (Phi) is 27.5. The summed E-state index contributed by atoms with van der Waals surface area (Å²) in [6, 6.07) is 78.5. The van der Waals surface area contributed by atoms with Crippen molar-refractivity contribution in [1.29, 1.82) is 0 Å². The molecule has 6 atom stereocenters. The second-order valence-corrected chi connectivity index (χ2v) is 29.1. The minimum atomic E-state index is -1.45. The molecule has 3 aliphatic heterocycles. The van der Waals surface area contributed by atoms with Gasteiger partial charge in [-0.2, -0.15) is 5.21 Å². The van der Waals surface area contributed by atoms with Crippen molar-refractivity contribution in [2.45, 2.75) is 74.8 Å². The van der Waals surface area contributed by atoms with Crippen LogP contribution in [0.1, 0.15) is 108 Å². The predicted molar refractivity (Wildman–Crippen MR) is 448 cm³/mol. The first-order chi connectivity index (χ1) is 57.4. The third-order valence-corrected chi connectivity index (χ3v) is 21.4. The number of aromatic nitrogens is 4. The van der Waals surface area contributed by atoms with Crippen molar-refractivity contribution < 1.29 is 50.8 Å². The van der Waals surface area contributed by atoms with Crippen LogP contribution in [-0.4, -0.2) is 89.8 Å². The number of hydrogen-bond acceptors (Lipinski definition) is 11. The molecule has 0 bridgehead atoms. The zero-order valence-corrected chi connectivity index (χ0v) is 65.0. The van der Waals surface area contributed by atoms with Crippen LogP contribution in [0.3, 0.4) is 0 Å². The third kappa shape index (κ3) is 20.1. The summed E-state index contributed by atoms with van der Waals surface area (Å²) in [6.07, 6.45) is 4.33. The normalized spacial score (nSPS) is 15.4. The van der Waals surface area contributed by atoms with Crippen molar-refractivity contribution in [3.8, 4) is 33.6 Å². The molecule has 0 saturated carbocycles. The Labute approximate surface area is 687 Å². The average Bonchev–Trinajstić information content (AvgIpc) is 1.55. The van der Waals surface area contributed by atoms with Crippen LogP contribution >= 0.6 is 15.9 Å². The van der Waals surface area contributed by atoms with E-state index in [1.165, 1.54) is 48.5 Å². The molecule has 12 aromatic carbocycles. The first-order valence-corrected chi connectivity index (χ1v) is 39.0. The van der Waals surface area contributed by atoms with Crippen LogP contribution in [0.25, 0.3) is 43.3 Å². The summed E-state index contributed by atoms with van der Waals surface area (Å²) in [4.78, 5) is 53.4. The van der Waals surface area contributed by atoms with Crippen molar-refractivity contribution in [1.82, 2.24) is 35.3 Å². The van der Waals surface area contributed by atoms with Crippen molar-refractivity contribution in [2.75, 3.05) is 35.6 Å². The number of likely N-dealkylation sites (tertiary alicyclic amines) is 3. The highest BCUT2D eigenvalue weighted by atomic mass is 79.9. The number of anilines is 3. The van der Waals surface area contributed by atoms with E-state index < -0.39 is 42.7 Å². The summed E-state index contributed by atoms with van der Waals surface area (Å²) in [5, 5.41) is 40.7. The lowest BCUT2D eigenvalue weighted by atomic mass is 9.80. The quantitative estimate of drug-likeness (QED) is 0.0256. The van der Waals surface area contributed by atoms with E-state index >= 15 is 0 Å². The van der Waals surface area contributed by atoms with Crippen LogP contribution in [0.2, 0.25) is 0 Å². The standard InChI is InChI=1S/C31H26F2N6O.C31H25F2N3O.C24H21BrF2N2O.C7H6BNO2/c32-25-7-2-1-6-24(25)28-10-5-19-39(28)31(40)29(34-27-9-4-3-8-26(27)33)22-15-11-20(12-16-22)21-13-17-23(18-14-21)30-35-37-38-36-30;1-34-24-18-16-22(17-19-24)21-12-14-23(15-13-21)30(35-28-10-5-4-9-27(28)33)31(37)36-20-6-11-29(36)25-7-2-3-8-26(25)32;25-17-13-11-16(12-14-17)23(28-21-9-4-3-8-20(21)27)24(30)29-15-5-10-22(29)18-6-1-2-7-19(18)26;1-9-7-4-2-6(3-5-7)8(10)11/h1-4,6-9,11-18,28-29,34H,5,10,19H2,(H,35,36,37,38);2-5,7-10,12-19,29-30,35H,6,11,20H2;1-4,6-9,11-14,22-23,28H,5,10,15H2;2-5,10-11H/t28-,29?;29-,30?;22-,23?;/m000./s1. The van der Waals surface area contributed by atoms with E-state index in [4.69, 9.17) is 23.2 Å². The molecule has 3 aliphatic rings. The molecule has 3 amide bonds. The maximum absolute atomic E-state index is 14.7. The summed E-state index contributed by atoms with van der Waals surface area (Å²) < 4.78 is 88.2. The van der Waals surface area contributed by atoms with Gasteiger partial charge in [0.25, 0.3) is 0 Å². The van der Waals surface area contributed by atoms with Gasteiger partial charge in [0, 0.05) is 46.4 Å². The number of hydrogen-bond donors (Lipinski definition) is 6. The lowest BCUT2D eigenvalue weighted by Gasteiger charge is -2.30. The lowest BCUT2D eigenvalue weighted by Crippen LogP contribution is -2.38. The zero-order chi connectivity index (χ0) is 82.6. The van der Waals surface area contributed by atoms with Gasteiger partial charge in [-0.15, -0.1) is 10.2 Å². The van der Waals surface area contributed by atoms with Crippen LogP contribution in [0.5, 0.6) is 0 Å². The highest BCUT2D eigenvalue weighted by Gasteiger charge is 2.40. The third-order valence-electron chi connectivity index (χ3n) is 20.8. The molecule has 0 spiro atoms. The molecule has 3 unspecified atom stereocenters. The molecule has 13 aromatic rings. The Morgan fingerprint density at radius 3 is 0.992 bits per heavy atom. The monoisotopic (exact) mass is 1650 g/mol. The summed E-state index contributed by atoms with van der Waals surface area (Å²) >= 11 is 3.41. The van der Waals surface area contributed by atoms with Gasteiger partial charge in [-0.3, -0.25) is 14.4 Å². The fraction of sp³-hybridized carbons (Fsp3) is 0.161. The van der Waals surface area contributed by atoms with Crippen LogP contribution in [-0.2, 0) is 14.4 Å². The van der Waals surface area contributed by atoms with E-state index in [2.05, 4.69) is 62.2 Å². The number of tetrazole rings is 1. The minimum absolute atomic E-state index is 0.202. The Morgan fingerprint density at radius 1 is 0.398 bits per heavy atom. The first kappa shape index (κ1) is 82.5. The molecule has 17 nitrogen and oxygen atoms in total. The van der Waals surface area contributed by atoms with Gasteiger partial charge in [0.2, 0.25) is 23.5 Å². The number of benzene rings is 12. The maximum Gasteiger partial charge on any atom is 0.488 e. The molecule has 25 heteroatoms. The van der Waals surface area contributed by atoms with E-state index in [-0.39, 0.29) is 70.4 Å². The zero-order valence-electron chi connectivity index (χ0n) is 63.5. The second-order valence-electron chi connectivity index (χ2n) is 28.1. The SMILES string of the molecule is O=C(C(Nc1ccccc1F)c1ccc(-c2ccc(-c3nn[nH]n3)cc2)cc1)N1CCC[C@H]1c1ccccc1F.O=C(C(Nc1ccccc1F)c1ccc(Br)cc1)N1CCC[C@H]1c1ccccc1F.[C-]#[N+]c1ccc(-c2ccc(C(Nc3ccccc3F)C(=O)N3CCC[C@H]3c3ccccc3F)cc2)cc1.[C-]#[N+]c1ccc(B(O)O)cc1. The fourth-order valence-corrected chi connectivity index (χ4v) is 15.1. The molecule has 3 fully saturated rings. The van der Waals surface area contributed by atoms with Gasteiger partial charge in [0.05, 0.1) is 48.3 Å². The molecule has 1 aromatic heterocycles. The number of rotatable bonds is 19. The maximum atomic E-state index is 14.7. The Morgan fingerprint density at radius 2 is 0.686 bits per heavy atom. The van der Waals surface area contributed by atoms with E-state index in [1.54, 1.807) is 148 Å². The molecule has 16 rings (SSSR count). The number of carbonyl (C=O) groups is 3. The highest BCUT2D eigenvalue weighted by Crippen LogP contribution is 2.41. The molecular formula is C93H78BBrF6N12O5. The van der Waals surface area contributed by atoms with E-state index in [0.717, 1.165) is 51.6 Å². The van der Waals surface area contributed by atoms with Crippen LogP contribution in [0.15, 0.2) is 296 Å². The second kappa shape index (κ2) is 39.3. The molecular weight excluding hydrogens is 1570 g/mol. The van der Waals surface area contributed by atoms with E-state index in [1.807, 2.05) is 109 Å². The lowest BCUT2D eigenvalue weighted by molar-refractivity contribution is -0.134. The number of nitrogens with one attached hydrogen (secondary N) is 4. The number of amides is 3. The number of H-pyrrole nitrogens is 1. The molecule has 0 radical (unpaired) electrons. The van der Waals surface area contributed by atoms with Gasteiger partial charge in [-0.25, -0.2) is 36.0 Å². The van der Waals surface area contributed by atoms with Gasteiger partial charge in [-0.1, -0.05) is 240 Å². The number of aromatic amines is 1. The molecule has 6 N–H and O–H groups in total. The molecule has 3 saturated heterocycles. The van der Waals surface area contributed by atoms with Crippen LogP contribution in [0.4, 0.5) is 54.8 Å². The first-order valence-electron chi connectivity index (χ1n) is 38.2. The average molecular weight is 1650 g/mol. The van der Waals surface area contributed by atoms with Gasteiger partial charge >= 0.3 is 7.12 Å². The van der Waals surface area contributed by atoms with Gasteiger partial charge in [-0.05, 0) is 155 Å². The molecule has 592 valence electrons. The van der Waals surface area contributed by atoms with Gasteiger partial charge in [0.1, 0.15) is 53.0 Å². The Bertz CT molecular complexity index is 5680. The van der Waals surface area contributed by atoms with Gasteiger partial charge < -0.3 is 40.7 Å². The minimum Gasteiger partial charge on any atom is -0.423 e. The van der Waals surface area contributed by atoms with E-state index in [0.29, 0.717) is 94.9 Å². The fourth-order valence-electron chi connectivity index (χ4n) is 14.8. The molecule has 4 heterocycles. The van der Waals surface area contributed by atoms with Crippen LogP contribution in [0, 0.1) is 48.0 Å². The summed E-state index contributed by atoms with van der Waals surface area (Å²) in [5.74, 6) is -2.47. The summed E-state index contributed by atoms with van der Waals surface area (Å²) in [7, 11) is -1.45. The highest BCUT2D eigenvalue weighted by molar-refractivity contribution is 9.10. The number of carbonyl (C=O) groups excluding carboxylic acids is 3. The number of halogens is 7. The summed E-state index contributed by atoms with van der Waals surface area (Å²) in [5.41, 5.74) is 10.4. The molecule has 118 heavy (non-hydrogen) atoms.